The molecule has 11 heteroatoms. The summed E-state index contributed by atoms with van der Waals surface area (Å²) in [5.41, 5.74) is -0.801. The number of benzene rings is 2. The van der Waals surface area contributed by atoms with Crippen molar-refractivity contribution < 1.29 is 26.9 Å². The number of ether oxygens (including phenoxy) is 2. The van der Waals surface area contributed by atoms with E-state index in [-0.39, 0.29) is 11.5 Å². The minimum Gasteiger partial charge on any atom is -0.497 e. The molecule has 2 aromatic carbocycles. The molecule has 2 aliphatic rings. The van der Waals surface area contributed by atoms with Crippen molar-refractivity contribution in [2.45, 2.75) is 23.5 Å². The lowest BCUT2D eigenvalue weighted by molar-refractivity contribution is 0.0235. The summed E-state index contributed by atoms with van der Waals surface area (Å²) in [7, 11) is -3.34. The number of hydrogen-bond donors (Lipinski definition) is 0. The highest BCUT2D eigenvalue weighted by Crippen LogP contribution is 2.56. The quantitative estimate of drug-likeness (QED) is 0.569. The van der Waals surface area contributed by atoms with Crippen LogP contribution in [0.4, 0.5) is 0 Å². The smallest absolute Gasteiger partial charge is 0.283 e. The van der Waals surface area contributed by atoms with Crippen LogP contribution in [0, 0.1) is 0 Å². The predicted octanol–water partition coefficient (Wildman–Crippen LogP) is 2.49. The molecule has 3 atom stereocenters. The topological polar surface area (TPSA) is 107 Å². The molecule has 9 nitrogen and oxygen atoms in total. The predicted molar refractivity (Wildman–Crippen MR) is 131 cm³/mol. The van der Waals surface area contributed by atoms with Gasteiger partial charge in [0.1, 0.15) is 17.2 Å². The summed E-state index contributed by atoms with van der Waals surface area (Å²) < 4.78 is 54.2. The van der Waals surface area contributed by atoms with Crippen molar-refractivity contribution in [2.75, 3.05) is 33.6 Å². The number of amidine groups is 1. The van der Waals surface area contributed by atoms with Crippen molar-refractivity contribution in [1.82, 2.24) is 4.90 Å². The van der Waals surface area contributed by atoms with Crippen LogP contribution < -0.4 is 9.47 Å². The number of nitrogens with zero attached hydrogens (tertiary/aromatic N) is 3. The fourth-order valence-electron chi connectivity index (χ4n) is 4.61. The molecule has 0 N–H and O–H groups in total. The lowest BCUT2D eigenvalue weighted by Gasteiger charge is -2.38. The molecule has 0 fully saturated rings. The zero-order chi connectivity index (χ0) is 24.7. The zero-order valence-electron chi connectivity index (χ0n) is 19.6. The monoisotopic (exact) mass is 505 g/mol. The van der Waals surface area contributed by atoms with Crippen LogP contribution in [0.3, 0.4) is 0 Å². The van der Waals surface area contributed by atoms with Gasteiger partial charge in [-0.25, -0.2) is 8.42 Å². The van der Waals surface area contributed by atoms with E-state index in [9.17, 15) is 12.6 Å². The number of sulfonamides is 1. The van der Waals surface area contributed by atoms with Crippen LogP contribution in [0.2, 0.25) is 0 Å². The summed E-state index contributed by atoms with van der Waals surface area (Å²) in [6.45, 7) is 4.72. The van der Waals surface area contributed by atoms with Gasteiger partial charge in [-0.1, -0.05) is 17.3 Å². The number of hydrogen-bond acceptors (Lipinski definition) is 8. The van der Waals surface area contributed by atoms with Crippen molar-refractivity contribution in [3.63, 3.8) is 0 Å². The molecule has 2 aromatic rings. The average molecular weight is 506 g/mol. The Morgan fingerprint density at radius 1 is 0.971 bits per heavy atom. The maximum Gasteiger partial charge on any atom is 0.283 e. The van der Waals surface area contributed by atoms with E-state index in [0.717, 1.165) is 0 Å². The molecule has 0 aliphatic carbocycles. The Morgan fingerprint density at radius 2 is 1.50 bits per heavy atom. The number of rotatable bonds is 7. The molecule has 2 heterocycles. The number of likely N-dealkylation sites (N-methyl/N-ethyl adjacent to an activating group) is 1. The van der Waals surface area contributed by atoms with Crippen molar-refractivity contribution >= 4 is 32.4 Å². The molecule has 0 saturated heterocycles. The average Bonchev–Trinajstić information content (AvgIpc) is 3.31. The standard InChI is InChI=1S/C23H27N3O6S2/c1-6-26(7-2)21-22(17-10-14-19(31-4)15-11-17)23(33(5)27,34(28,29)25-21)20(24-32-22)16-8-12-18(30-3)13-9-16/h8-15H,6-7H2,1-5H3/t22-,23-,33-/m1/s1. The first kappa shape index (κ1) is 24.2. The van der Waals surface area contributed by atoms with Crippen molar-refractivity contribution in [3.05, 3.63) is 59.7 Å². The number of methoxy groups -OCH3 is 2. The summed E-state index contributed by atoms with van der Waals surface area (Å²) >= 11 is 0. The first-order valence-electron chi connectivity index (χ1n) is 10.7. The van der Waals surface area contributed by atoms with Crippen LogP contribution in [-0.2, 0) is 31.3 Å². The van der Waals surface area contributed by atoms with Gasteiger partial charge in [-0.3, -0.25) is 4.21 Å². The first-order valence-corrected chi connectivity index (χ1v) is 13.7. The Balaban J connectivity index is 2.05. The van der Waals surface area contributed by atoms with Gasteiger partial charge in [-0.15, -0.1) is 4.40 Å². The van der Waals surface area contributed by atoms with E-state index in [4.69, 9.17) is 14.3 Å². The fourth-order valence-corrected chi connectivity index (χ4v) is 8.60. The summed E-state index contributed by atoms with van der Waals surface area (Å²) in [5.74, 6) is 1.33. The Kier molecular flexibility index (Phi) is 6.19. The second kappa shape index (κ2) is 8.70. The minimum absolute atomic E-state index is 0.0395. The summed E-state index contributed by atoms with van der Waals surface area (Å²) in [6, 6.07) is 13.5. The first-order chi connectivity index (χ1) is 16.2. The van der Waals surface area contributed by atoms with Gasteiger partial charge in [0.15, 0.2) is 5.84 Å². The largest absolute Gasteiger partial charge is 0.497 e. The van der Waals surface area contributed by atoms with Gasteiger partial charge in [-0.05, 0) is 50.2 Å². The van der Waals surface area contributed by atoms with Crippen LogP contribution in [0.25, 0.3) is 0 Å². The van der Waals surface area contributed by atoms with Crippen molar-refractivity contribution in [2.24, 2.45) is 9.55 Å². The van der Waals surface area contributed by atoms with Crippen LogP contribution in [0.5, 0.6) is 11.5 Å². The lowest BCUT2D eigenvalue weighted by atomic mass is 9.84. The van der Waals surface area contributed by atoms with E-state index in [2.05, 4.69) is 9.55 Å². The molecular formula is C23H27N3O6S2. The van der Waals surface area contributed by atoms with Gasteiger partial charge in [0.2, 0.25) is 0 Å². The molecular weight excluding hydrogens is 478 g/mol. The highest BCUT2D eigenvalue weighted by Gasteiger charge is 2.80. The maximum atomic E-state index is 13.9. The van der Waals surface area contributed by atoms with E-state index in [1.807, 2.05) is 13.8 Å². The lowest BCUT2D eigenvalue weighted by Crippen LogP contribution is -2.63. The minimum atomic E-state index is -4.41. The molecule has 34 heavy (non-hydrogen) atoms. The van der Waals surface area contributed by atoms with E-state index < -0.39 is 30.5 Å². The number of fused-ring (bicyclic) bond motifs is 1. The van der Waals surface area contributed by atoms with Gasteiger partial charge in [-0.2, -0.15) is 0 Å². The summed E-state index contributed by atoms with van der Waals surface area (Å²) in [4.78, 5) is 7.91. The van der Waals surface area contributed by atoms with Gasteiger partial charge >= 0.3 is 0 Å². The van der Waals surface area contributed by atoms with Gasteiger partial charge < -0.3 is 19.2 Å². The molecule has 0 spiro atoms. The third-order valence-electron chi connectivity index (χ3n) is 6.26. The normalized spacial score (nSPS) is 25.6. The van der Waals surface area contributed by atoms with Crippen LogP contribution in [0.15, 0.2) is 58.1 Å². The zero-order valence-corrected chi connectivity index (χ0v) is 21.3. The highest BCUT2D eigenvalue weighted by molar-refractivity contribution is 8.08. The third-order valence-corrected chi connectivity index (χ3v) is 10.5. The van der Waals surface area contributed by atoms with Crippen LogP contribution in [-0.4, -0.2) is 66.7 Å². The third kappa shape index (κ3) is 3.09. The molecule has 2 aliphatic heterocycles. The highest BCUT2D eigenvalue weighted by atomic mass is 32.3. The SMILES string of the molecule is CCN(CC)C1=NS(=O)(=O)[C@]2([S@@](C)=O)C(c3ccc(OC)cc3)=NO[C@]12c1ccc(OC)cc1. The molecule has 0 amide bonds. The Labute approximate surface area is 201 Å². The Morgan fingerprint density at radius 3 is 1.97 bits per heavy atom. The molecule has 0 bridgehead atoms. The van der Waals surface area contributed by atoms with Crippen molar-refractivity contribution in [3.8, 4) is 11.5 Å². The molecule has 0 aromatic heterocycles. The van der Waals surface area contributed by atoms with E-state index in [1.54, 1.807) is 60.5 Å². The summed E-state index contributed by atoms with van der Waals surface area (Å²) in [5, 5.41) is 4.29. The van der Waals surface area contributed by atoms with Gasteiger partial charge in [0, 0.05) is 30.5 Å². The fraction of sp³-hybridized carbons (Fsp3) is 0.391. The van der Waals surface area contributed by atoms with E-state index in [0.29, 0.717) is 35.7 Å². The molecule has 0 saturated carbocycles. The van der Waals surface area contributed by atoms with E-state index in [1.165, 1.54) is 13.4 Å². The molecule has 0 unspecified atom stereocenters. The van der Waals surface area contributed by atoms with Gasteiger partial charge in [0.05, 0.1) is 25.0 Å². The number of oxime groups is 1. The molecule has 182 valence electrons. The Hall–Kier alpha value is -2.92. The van der Waals surface area contributed by atoms with Crippen molar-refractivity contribution in [1.29, 1.82) is 0 Å². The second-order valence-electron chi connectivity index (χ2n) is 7.80. The summed E-state index contributed by atoms with van der Waals surface area (Å²) in [6.07, 6.45) is 1.35. The Bertz CT molecular complexity index is 1270. The molecule has 0 radical (unpaired) electrons. The van der Waals surface area contributed by atoms with Crippen LogP contribution in [0.1, 0.15) is 25.0 Å². The second-order valence-corrected chi connectivity index (χ2v) is 11.3. The molecule has 4 rings (SSSR count). The maximum absolute atomic E-state index is 13.9. The van der Waals surface area contributed by atoms with E-state index >= 15 is 0 Å². The van der Waals surface area contributed by atoms with Gasteiger partial charge in [0.25, 0.3) is 19.7 Å². The van der Waals surface area contributed by atoms with Crippen LogP contribution >= 0.6 is 0 Å².